The number of nitrogens with two attached hydrogens (primary N) is 1. The number of H-pyrrole nitrogens is 1. The highest BCUT2D eigenvalue weighted by Gasteiger charge is 2.21. The number of aromatic nitrogens is 2. The number of carbonyl (C=O) groups is 2. The molecule has 0 aliphatic carbocycles. The minimum atomic E-state index is -0.822. The molecule has 1 heterocycles. The van der Waals surface area contributed by atoms with E-state index in [0.29, 0.717) is 12.1 Å². The third-order valence-electron chi connectivity index (χ3n) is 4.13. The van der Waals surface area contributed by atoms with Gasteiger partial charge in [0.15, 0.2) is 5.78 Å². The topological polar surface area (TPSA) is 130 Å². The van der Waals surface area contributed by atoms with Crippen LogP contribution in [0, 0.1) is 6.92 Å². The SMILES string of the molecule is CCCn1c(N)c(C(=O)CN(C)CC(=O)Nc2ccc(C)cc2)c(=O)[nH]c1=O. The number of hydrogen-bond donors (Lipinski definition) is 3. The van der Waals surface area contributed by atoms with E-state index in [-0.39, 0.29) is 36.9 Å². The number of hydrogen-bond acceptors (Lipinski definition) is 6. The van der Waals surface area contributed by atoms with E-state index in [0.717, 1.165) is 5.56 Å². The molecule has 0 aliphatic heterocycles. The standard InChI is InChI=1S/C19H25N5O4/c1-4-9-24-17(20)16(18(27)22-19(24)28)14(25)10-23(3)11-15(26)21-13-7-5-12(2)6-8-13/h5-8H,4,9-11,20H2,1-3H3,(H,21,26)(H,22,27,28). The fourth-order valence-electron chi connectivity index (χ4n) is 2.77. The highest BCUT2D eigenvalue weighted by atomic mass is 16.2. The average molecular weight is 387 g/mol. The normalized spacial score (nSPS) is 10.9. The number of amides is 1. The Hall–Kier alpha value is -3.20. The number of carbonyl (C=O) groups excluding carboxylic acids is 2. The lowest BCUT2D eigenvalue weighted by molar-refractivity contribution is -0.116. The van der Waals surface area contributed by atoms with Crippen LogP contribution in [0.2, 0.25) is 0 Å². The molecule has 150 valence electrons. The van der Waals surface area contributed by atoms with Crippen LogP contribution in [0.1, 0.15) is 29.3 Å². The van der Waals surface area contributed by atoms with E-state index >= 15 is 0 Å². The van der Waals surface area contributed by atoms with Crippen molar-refractivity contribution < 1.29 is 9.59 Å². The molecule has 0 unspecified atom stereocenters. The zero-order chi connectivity index (χ0) is 20.8. The van der Waals surface area contributed by atoms with Crippen LogP contribution in [0.5, 0.6) is 0 Å². The van der Waals surface area contributed by atoms with E-state index in [1.807, 2.05) is 26.0 Å². The molecule has 0 radical (unpaired) electrons. The van der Waals surface area contributed by atoms with Gasteiger partial charge in [0.05, 0.1) is 13.1 Å². The van der Waals surface area contributed by atoms with Crippen LogP contribution in [-0.4, -0.2) is 46.3 Å². The predicted octanol–water partition coefficient (Wildman–Crippen LogP) is 0.590. The van der Waals surface area contributed by atoms with Gasteiger partial charge in [0.25, 0.3) is 5.56 Å². The second-order valence-electron chi connectivity index (χ2n) is 6.68. The van der Waals surface area contributed by atoms with E-state index < -0.39 is 17.0 Å². The number of nitrogens with zero attached hydrogens (tertiary/aromatic N) is 2. The molecular formula is C19H25N5O4. The van der Waals surface area contributed by atoms with Gasteiger partial charge in [-0.05, 0) is 32.5 Å². The van der Waals surface area contributed by atoms with E-state index in [4.69, 9.17) is 5.73 Å². The molecule has 1 aromatic heterocycles. The largest absolute Gasteiger partial charge is 0.384 e. The van der Waals surface area contributed by atoms with Gasteiger partial charge < -0.3 is 11.1 Å². The third kappa shape index (κ3) is 5.17. The van der Waals surface area contributed by atoms with Crippen molar-refractivity contribution in [2.24, 2.45) is 0 Å². The molecule has 2 rings (SSSR count). The molecule has 0 aliphatic rings. The summed E-state index contributed by atoms with van der Waals surface area (Å²) in [4.78, 5) is 52.2. The van der Waals surface area contributed by atoms with Gasteiger partial charge >= 0.3 is 5.69 Å². The first kappa shape index (κ1) is 21.1. The lowest BCUT2D eigenvalue weighted by atomic mass is 10.2. The van der Waals surface area contributed by atoms with Crippen molar-refractivity contribution in [1.82, 2.24) is 14.5 Å². The second kappa shape index (κ2) is 9.14. The molecule has 0 bridgehead atoms. The highest BCUT2D eigenvalue weighted by Crippen LogP contribution is 2.09. The number of ketones is 1. The second-order valence-corrected chi connectivity index (χ2v) is 6.68. The molecule has 9 heteroatoms. The van der Waals surface area contributed by atoms with Gasteiger partial charge in [-0.15, -0.1) is 0 Å². The van der Waals surface area contributed by atoms with Crippen molar-refractivity contribution in [1.29, 1.82) is 0 Å². The summed E-state index contributed by atoms with van der Waals surface area (Å²) < 4.78 is 1.17. The van der Waals surface area contributed by atoms with Crippen LogP contribution >= 0.6 is 0 Å². The Bertz CT molecular complexity index is 975. The van der Waals surface area contributed by atoms with Crippen LogP contribution in [0.15, 0.2) is 33.9 Å². The van der Waals surface area contributed by atoms with Gasteiger partial charge in [-0.25, -0.2) is 4.79 Å². The highest BCUT2D eigenvalue weighted by molar-refractivity contribution is 6.01. The molecule has 0 saturated heterocycles. The van der Waals surface area contributed by atoms with Crippen LogP contribution in [0.4, 0.5) is 11.5 Å². The summed E-state index contributed by atoms with van der Waals surface area (Å²) in [6.07, 6.45) is 0.614. The van der Waals surface area contributed by atoms with Crippen molar-refractivity contribution in [3.63, 3.8) is 0 Å². The summed E-state index contributed by atoms with van der Waals surface area (Å²) in [5.41, 5.74) is 5.89. The maximum Gasteiger partial charge on any atom is 0.329 e. The molecule has 1 aromatic carbocycles. The van der Waals surface area contributed by atoms with Gasteiger partial charge in [-0.1, -0.05) is 24.6 Å². The lowest BCUT2D eigenvalue weighted by Crippen LogP contribution is -2.40. The Balaban J connectivity index is 2.07. The minimum Gasteiger partial charge on any atom is -0.384 e. The van der Waals surface area contributed by atoms with Crippen LogP contribution < -0.4 is 22.3 Å². The molecule has 2 aromatic rings. The number of anilines is 2. The molecule has 9 nitrogen and oxygen atoms in total. The molecular weight excluding hydrogens is 362 g/mol. The fourth-order valence-corrected chi connectivity index (χ4v) is 2.77. The van der Waals surface area contributed by atoms with Gasteiger partial charge in [0, 0.05) is 12.2 Å². The summed E-state index contributed by atoms with van der Waals surface area (Å²) in [5.74, 6) is -1.01. The Morgan fingerprint density at radius 3 is 2.43 bits per heavy atom. The molecule has 4 N–H and O–H groups in total. The van der Waals surface area contributed by atoms with Gasteiger partial charge in [0.2, 0.25) is 5.91 Å². The lowest BCUT2D eigenvalue weighted by Gasteiger charge is -2.17. The monoisotopic (exact) mass is 387 g/mol. The zero-order valence-corrected chi connectivity index (χ0v) is 16.2. The summed E-state index contributed by atoms with van der Waals surface area (Å²) in [5, 5.41) is 2.74. The number of aryl methyl sites for hydroxylation is 1. The van der Waals surface area contributed by atoms with E-state index in [2.05, 4.69) is 10.3 Å². The molecule has 0 atom stereocenters. The van der Waals surface area contributed by atoms with E-state index in [9.17, 15) is 19.2 Å². The van der Waals surface area contributed by atoms with Crippen molar-refractivity contribution in [2.75, 3.05) is 31.2 Å². The van der Waals surface area contributed by atoms with Crippen LogP contribution in [-0.2, 0) is 11.3 Å². The van der Waals surface area contributed by atoms with E-state index in [1.54, 1.807) is 19.2 Å². The number of Topliss-reactive ketones (excluding diaryl/α,β-unsaturated/α-hetero) is 1. The first-order chi connectivity index (χ1) is 13.2. The summed E-state index contributed by atoms with van der Waals surface area (Å²) in [6, 6.07) is 7.33. The van der Waals surface area contributed by atoms with Crippen LogP contribution in [0.3, 0.4) is 0 Å². The molecule has 28 heavy (non-hydrogen) atoms. The smallest absolute Gasteiger partial charge is 0.329 e. The number of nitrogen functional groups attached to an aromatic ring is 1. The average Bonchev–Trinajstić information content (AvgIpc) is 2.60. The van der Waals surface area contributed by atoms with Gasteiger partial charge in [-0.3, -0.25) is 28.8 Å². The van der Waals surface area contributed by atoms with Crippen molar-refractivity contribution in [3.05, 3.63) is 56.2 Å². The first-order valence-electron chi connectivity index (χ1n) is 8.93. The number of aromatic amines is 1. The first-order valence-corrected chi connectivity index (χ1v) is 8.93. The van der Waals surface area contributed by atoms with Crippen molar-refractivity contribution >= 4 is 23.2 Å². The van der Waals surface area contributed by atoms with Crippen LogP contribution in [0.25, 0.3) is 0 Å². The number of rotatable bonds is 8. The Labute approximate surface area is 162 Å². The van der Waals surface area contributed by atoms with Gasteiger partial charge in [0.1, 0.15) is 11.4 Å². The minimum absolute atomic E-state index is 0.0496. The molecule has 1 amide bonds. The maximum atomic E-state index is 12.6. The molecule has 0 fully saturated rings. The number of benzene rings is 1. The zero-order valence-electron chi connectivity index (χ0n) is 16.2. The Morgan fingerprint density at radius 2 is 1.82 bits per heavy atom. The van der Waals surface area contributed by atoms with Gasteiger partial charge in [-0.2, -0.15) is 0 Å². The number of nitrogens with one attached hydrogen (secondary N) is 2. The maximum absolute atomic E-state index is 12.6. The summed E-state index contributed by atoms with van der Waals surface area (Å²) in [7, 11) is 1.58. The molecule has 0 spiro atoms. The van der Waals surface area contributed by atoms with Crippen molar-refractivity contribution in [2.45, 2.75) is 26.8 Å². The fraction of sp³-hybridized carbons (Fsp3) is 0.368. The van der Waals surface area contributed by atoms with Crippen molar-refractivity contribution in [3.8, 4) is 0 Å². The van der Waals surface area contributed by atoms with E-state index in [1.165, 1.54) is 9.47 Å². The Morgan fingerprint density at radius 1 is 1.18 bits per heavy atom. The summed E-state index contributed by atoms with van der Waals surface area (Å²) in [6.45, 7) is 3.84. The molecule has 0 saturated carbocycles. The number of likely N-dealkylation sites (N-methyl/N-ethyl adjacent to an activating group) is 1. The Kier molecular flexibility index (Phi) is 6.89. The predicted molar refractivity (Wildman–Crippen MR) is 108 cm³/mol. The third-order valence-corrected chi connectivity index (χ3v) is 4.13. The summed E-state index contributed by atoms with van der Waals surface area (Å²) >= 11 is 0. The quantitative estimate of drug-likeness (QED) is 0.568.